The van der Waals surface area contributed by atoms with Gasteiger partial charge in [-0.15, -0.1) is 0 Å². The Bertz CT molecular complexity index is 657. The van der Waals surface area contributed by atoms with Gasteiger partial charge in [-0.1, -0.05) is 58.3 Å². The molecule has 0 aliphatic carbocycles. The molecule has 30 heavy (non-hydrogen) atoms. The highest BCUT2D eigenvalue weighted by atomic mass is 16.6. The van der Waals surface area contributed by atoms with Crippen molar-refractivity contribution in [1.29, 1.82) is 0 Å². The molecule has 0 amide bonds. The van der Waals surface area contributed by atoms with E-state index in [-0.39, 0.29) is 18.3 Å². The van der Waals surface area contributed by atoms with E-state index in [0.29, 0.717) is 12.0 Å². The highest BCUT2D eigenvalue weighted by molar-refractivity contribution is 5.69. The first-order valence-corrected chi connectivity index (χ1v) is 11.8. The Hall–Kier alpha value is -2.11. The average molecular weight is 419 g/mol. The Kier molecular flexibility index (Phi) is 11.3. The zero-order valence-corrected chi connectivity index (χ0v) is 18.6. The fourth-order valence-corrected chi connectivity index (χ4v) is 4.02. The number of carbonyl (C=O) groups is 1. The smallest absolute Gasteiger partial charge is 0.306 e. The molecule has 0 atom stereocenters. The molecule has 0 aromatic heterocycles. The van der Waals surface area contributed by atoms with Crippen molar-refractivity contribution in [2.24, 2.45) is 0 Å². The molecule has 2 rings (SSSR count). The quantitative estimate of drug-likeness (QED) is 0.148. The van der Waals surface area contributed by atoms with E-state index < -0.39 is 4.92 Å². The summed E-state index contributed by atoms with van der Waals surface area (Å²) in [5.74, 6) is -0.268. The van der Waals surface area contributed by atoms with E-state index in [4.69, 9.17) is 4.74 Å². The van der Waals surface area contributed by atoms with E-state index in [0.717, 1.165) is 50.9 Å². The van der Waals surface area contributed by atoms with Crippen molar-refractivity contribution in [1.82, 2.24) is 0 Å². The van der Waals surface area contributed by atoms with Crippen LogP contribution in [0.25, 0.3) is 0 Å². The number of esters is 1. The number of hydrogen-bond donors (Lipinski definition) is 0. The minimum Gasteiger partial charge on any atom is -0.461 e. The summed E-state index contributed by atoms with van der Waals surface area (Å²) in [6.45, 7) is 4.13. The number of unbranched alkanes of at least 4 members (excludes halogenated alkanes) is 8. The fourth-order valence-electron chi connectivity index (χ4n) is 4.02. The predicted molar refractivity (Wildman–Crippen MR) is 121 cm³/mol. The summed E-state index contributed by atoms with van der Waals surface area (Å²) in [6, 6.07) is 5.15. The maximum atomic E-state index is 12.1. The second-order valence-corrected chi connectivity index (χ2v) is 8.36. The van der Waals surface area contributed by atoms with Gasteiger partial charge in [-0.05, 0) is 37.8 Å². The van der Waals surface area contributed by atoms with E-state index in [9.17, 15) is 14.9 Å². The molecule has 0 saturated carbocycles. The molecular weight excluding hydrogens is 380 g/mol. The lowest BCUT2D eigenvalue weighted by molar-refractivity contribution is -0.385. The van der Waals surface area contributed by atoms with Gasteiger partial charge in [0.05, 0.1) is 10.5 Å². The van der Waals surface area contributed by atoms with Crippen LogP contribution in [0.15, 0.2) is 18.2 Å². The van der Waals surface area contributed by atoms with Crippen LogP contribution in [-0.2, 0) is 16.1 Å². The number of ether oxygens (including phenoxy) is 1. The SMILES string of the molecule is CCCCCCCCCCCC(=O)OCc1cc(N2CCCCC2)ccc1[N+](=O)[O-]. The van der Waals surface area contributed by atoms with E-state index in [2.05, 4.69) is 11.8 Å². The Morgan fingerprint density at radius 1 is 1.00 bits per heavy atom. The molecule has 1 fully saturated rings. The van der Waals surface area contributed by atoms with E-state index >= 15 is 0 Å². The van der Waals surface area contributed by atoms with Crippen molar-refractivity contribution in [3.63, 3.8) is 0 Å². The van der Waals surface area contributed by atoms with Gasteiger partial charge in [-0.25, -0.2) is 0 Å². The number of piperidine rings is 1. The molecule has 1 heterocycles. The predicted octanol–water partition coefficient (Wildman–Crippen LogP) is 6.55. The summed E-state index contributed by atoms with van der Waals surface area (Å²) in [4.78, 5) is 25.3. The first-order chi connectivity index (χ1) is 14.6. The fraction of sp³-hybridized carbons (Fsp3) is 0.708. The third-order valence-corrected chi connectivity index (χ3v) is 5.85. The van der Waals surface area contributed by atoms with Gasteiger partial charge in [0, 0.05) is 31.3 Å². The zero-order chi connectivity index (χ0) is 21.6. The van der Waals surface area contributed by atoms with Crippen LogP contribution >= 0.6 is 0 Å². The summed E-state index contributed by atoms with van der Waals surface area (Å²) in [7, 11) is 0. The highest BCUT2D eigenvalue weighted by Crippen LogP contribution is 2.27. The van der Waals surface area contributed by atoms with Gasteiger partial charge >= 0.3 is 5.97 Å². The molecule has 6 heteroatoms. The van der Waals surface area contributed by atoms with Crippen molar-refractivity contribution >= 4 is 17.3 Å². The topological polar surface area (TPSA) is 72.7 Å². The van der Waals surface area contributed by atoms with Gasteiger partial charge in [0.1, 0.15) is 6.61 Å². The number of nitro groups is 1. The minimum atomic E-state index is -0.399. The molecule has 1 aliphatic rings. The summed E-state index contributed by atoms with van der Waals surface area (Å²) in [5, 5.41) is 11.4. The number of anilines is 1. The van der Waals surface area contributed by atoms with Crippen LogP contribution in [0.1, 0.15) is 96.0 Å². The van der Waals surface area contributed by atoms with Crippen molar-refractivity contribution in [3.8, 4) is 0 Å². The Balaban J connectivity index is 1.72. The number of nitrogens with zero attached hydrogens (tertiary/aromatic N) is 2. The highest BCUT2D eigenvalue weighted by Gasteiger charge is 2.19. The zero-order valence-electron chi connectivity index (χ0n) is 18.6. The standard InChI is InChI=1S/C24H38N2O4/c1-2-3-4-5-6-7-8-9-11-14-24(27)30-20-21-19-22(15-16-23(21)26(28)29)25-17-12-10-13-18-25/h15-16,19H,2-14,17-18,20H2,1H3. The van der Waals surface area contributed by atoms with Crippen molar-refractivity contribution in [2.45, 2.75) is 97.0 Å². The van der Waals surface area contributed by atoms with Crippen LogP contribution in [0.5, 0.6) is 0 Å². The molecule has 168 valence electrons. The normalized spacial score (nSPS) is 14.0. The summed E-state index contributed by atoms with van der Waals surface area (Å²) in [5.41, 5.74) is 1.47. The van der Waals surface area contributed by atoms with Gasteiger partial charge in [0.2, 0.25) is 0 Å². The minimum absolute atomic E-state index is 0.0200. The average Bonchev–Trinajstić information content (AvgIpc) is 2.77. The Morgan fingerprint density at radius 3 is 2.27 bits per heavy atom. The number of benzene rings is 1. The third-order valence-electron chi connectivity index (χ3n) is 5.85. The molecule has 0 spiro atoms. The lowest BCUT2D eigenvalue weighted by atomic mass is 10.1. The van der Waals surface area contributed by atoms with Crippen molar-refractivity contribution in [3.05, 3.63) is 33.9 Å². The molecule has 1 saturated heterocycles. The molecule has 1 aromatic carbocycles. The van der Waals surface area contributed by atoms with Gasteiger partial charge in [0.15, 0.2) is 0 Å². The second-order valence-electron chi connectivity index (χ2n) is 8.36. The Labute approximate surface area is 181 Å². The van der Waals surface area contributed by atoms with E-state index in [1.165, 1.54) is 51.0 Å². The van der Waals surface area contributed by atoms with Crippen LogP contribution < -0.4 is 4.90 Å². The number of nitro benzene ring substituents is 1. The second kappa shape index (κ2) is 14.0. The van der Waals surface area contributed by atoms with Gasteiger partial charge in [-0.3, -0.25) is 14.9 Å². The summed E-state index contributed by atoms with van der Waals surface area (Å²) in [6.07, 6.45) is 14.6. The number of carbonyl (C=O) groups excluding carboxylic acids is 1. The monoisotopic (exact) mass is 418 g/mol. The molecule has 0 radical (unpaired) electrons. The summed E-state index contributed by atoms with van der Waals surface area (Å²) < 4.78 is 5.37. The van der Waals surface area contributed by atoms with Gasteiger partial charge < -0.3 is 9.64 Å². The van der Waals surface area contributed by atoms with Crippen LogP contribution in [0.2, 0.25) is 0 Å². The van der Waals surface area contributed by atoms with Crippen LogP contribution in [0.4, 0.5) is 11.4 Å². The maximum Gasteiger partial charge on any atom is 0.306 e. The molecular formula is C24H38N2O4. The lowest BCUT2D eigenvalue weighted by Crippen LogP contribution is -2.29. The molecule has 0 unspecified atom stereocenters. The first-order valence-electron chi connectivity index (χ1n) is 11.8. The van der Waals surface area contributed by atoms with Crippen molar-refractivity contribution in [2.75, 3.05) is 18.0 Å². The van der Waals surface area contributed by atoms with E-state index in [1.807, 2.05) is 6.07 Å². The van der Waals surface area contributed by atoms with Gasteiger partial charge in [0.25, 0.3) is 5.69 Å². The van der Waals surface area contributed by atoms with Crippen LogP contribution in [0.3, 0.4) is 0 Å². The molecule has 1 aliphatic heterocycles. The van der Waals surface area contributed by atoms with Crippen LogP contribution in [-0.4, -0.2) is 24.0 Å². The largest absolute Gasteiger partial charge is 0.461 e. The van der Waals surface area contributed by atoms with Crippen LogP contribution in [0, 0.1) is 10.1 Å². The maximum absolute atomic E-state index is 12.1. The lowest BCUT2D eigenvalue weighted by Gasteiger charge is -2.29. The number of rotatable bonds is 14. The Morgan fingerprint density at radius 2 is 1.63 bits per heavy atom. The third kappa shape index (κ3) is 8.72. The first kappa shape index (κ1) is 24.2. The van der Waals surface area contributed by atoms with E-state index in [1.54, 1.807) is 6.07 Å². The van der Waals surface area contributed by atoms with Gasteiger partial charge in [-0.2, -0.15) is 0 Å². The molecule has 1 aromatic rings. The summed E-state index contributed by atoms with van der Waals surface area (Å²) >= 11 is 0. The van der Waals surface area contributed by atoms with Crippen molar-refractivity contribution < 1.29 is 14.5 Å². The molecule has 0 N–H and O–H groups in total. The molecule has 6 nitrogen and oxygen atoms in total. The number of hydrogen-bond acceptors (Lipinski definition) is 5. The molecule has 0 bridgehead atoms.